The normalized spacial score (nSPS) is 12.2. The lowest BCUT2D eigenvalue weighted by Crippen LogP contribution is -2.16. The summed E-state index contributed by atoms with van der Waals surface area (Å²) in [6.07, 6.45) is 1.09. The van der Waals surface area contributed by atoms with Crippen molar-refractivity contribution < 1.29 is 9.15 Å². The van der Waals surface area contributed by atoms with Gasteiger partial charge in [0.15, 0.2) is 0 Å². The molecule has 0 spiro atoms. The second kappa shape index (κ2) is 7.98. The minimum Gasteiger partial charge on any atom is -0.491 e. The van der Waals surface area contributed by atoms with Crippen LogP contribution in [0, 0.1) is 0 Å². The molecule has 1 heterocycles. The Kier molecular flexibility index (Phi) is 5.69. The van der Waals surface area contributed by atoms with Gasteiger partial charge >= 0.3 is 5.76 Å². The van der Waals surface area contributed by atoms with Gasteiger partial charge in [-0.2, -0.15) is 4.68 Å². The Hall–Kier alpha value is -2.24. The van der Waals surface area contributed by atoms with Gasteiger partial charge in [-0.05, 0) is 43.2 Å². The van der Waals surface area contributed by atoms with Crippen molar-refractivity contribution in [3.63, 3.8) is 0 Å². The van der Waals surface area contributed by atoms with Crippen molar-refractivity contribution in [2.75, 3.05) is 0 Å². The van der Waals surface area contributed by atoms with Gasteiger partial charge in [-0.15, -0.1) is 5.10 Å². The lowest BCUT2D eigenvalue weighted by Gasteiger charge is -2.12. The van der Waals surface area contributed by atoms with Crippen LogP contribution < -0.4 is 10.5 Å². The third kappa shape index (κ3) is 4.11. The fraction of sp³-hybridized carbons (Fsp3) is 0.263. The van der Waals surface area contributed by atoms with Gasteiger partial charge in [-0.1, -0.05) is 48.3 Å². The van der Waals surface area contributed by atoms with Gasteiger partial charge in [-0.3, -0.25) is 0 Å². The second-order valence-corrected chi connectivity index (χ2v) is 6.72. The maximum Gasteiger partial charge on any atom is 0.437 e. The maximum atomic E-state index is 12.1. The number of benzene rings is 2. The van der Waals surface area contributed by atoms with Crippen molar-refractivity contribution in [2.24, 2.45) is 0 Å². The fourth-order valence-corrected chi connectivity index (χ4v) is 2.93. The van der Waals surface area contributed by atoms with Crippen LogP contribution in [-0.2, 0) is 6.54 Å². The molecule has 5 nitrogen and oxygen atoms in total. The van der Waals surface area contributed by atoms with Crippen molar-refractivity contribution in [1.29, 1.82) is 0 Å². The molecular weight excluding hydrogens is 375 g/mol. The van der Waals surface area contributed by atoms with E-state index < -0.39 is 5.76 Å². The molecule has 3 aromatic rings. The van der Waals surface area contributed by atoms with E-state index in [1.54, 1.807) is 18.2 Å². The van der Waals surface area contributed by atoms with Crippen LogP contribution in [0.3, 0.4) is 0 Å². The predicted molar refractivity (Wildman–Crippen MR) is 102 cm³/mol. The van der Waals surface area contributed by atoms with Crippen LogP contribution in [0.4, 0.5) is 0 Å². The highest BCUT2D eigenvalue weighted by Gasteiger charge is 2.16. The van der Waals surface area contributed by atoms with Gasteiger partial charge in [0, 0.05) is 0 Å². The van der Waals surface area contributed by atoms with Gasteiger partial charge in [0.1, 0.15) is 5.75 Å². The predicted octanol–water partition coefficient (Wildman–Crippen LogP) is 5.04. The molecule has 136 valence electrons. The summed E-state index contributed by atoms with van der Waals surface area (Å²) in [7, 11) is 0. The molecule has 0 saturated heterocycles. The van der Waals surface area contributed by atoms with E-state index in [-0.39, 0.29) is 18.5 Å². The highest BCUT2D eigenvalue weighted by atomic mass is 35.5. The lowest BCUT2D eigenvalue weighted by atomic mass is 10.2. The fourth-order valence-electron chi connectivity index (χ4n) is 2.37. The number of aromatic nitrogens is 2. The zero-order chi connectivity index (χ0) is 18.7. The number of hydrogen-bond donors (Lipinski definition) is 0. The Bertz CT molecular complexity index is 928. The van der Waals surface area contributed by atoms with E-state index in [4.69, 9.17) is 32.4 Å². The second-order valence-electron chi connectivity index (χ2n) is 5.91. The molecule has 0 fully saturated rings. The summed E-state index contributed by atoms with van der Waals surface area (Å²) in [5.41, 5.74) is 1.30. The first-order valence-electron chi connectivity index (χ1n) is 8.26. The summed E-state index contributed by atoms with van der Waals surface area (Å²) < 4.78 is 12.2. The van der Waals surface area contributed by atoms with E-state index in [1.165, 1.54) is 4.68 Å². The van der Waals surface area contributed by atoms with Crippen LogP contribution >= 0.6 is 23.2 Å². The van der Waals surface area contributed by atoms with Crippen molar-refractivity contribution in [3.8, 4) is 17.2 Å². The minimum absolute atomic E-state index is 0.0994. The first kappa shape index (κ1) is 18.5. The topological polar surface area (TPSA) is 57.3 Å². The highest BCUT2D eigenvalue weighted by molar-refractivity contribution is 6.38. The number of hydrogen-bond acceptors (Lipinski definition) is 4. The van der Waals surface area contributed by atoms with Crippen LogP contribution in [0.15, 0.2) is 51.7 Å². The van der Waals surface area contributed by atoms with E-state index in [0.717, 1.165) is 17.7 Å². The zero-order valence-corrected chi connectivity index (χ0v) is 15.9. The van der Waals surface area contributed by atoms with Gasteiger partial charge < -0.3 is 9.15 Å². The molecule has 1 unspecified atom stereocenters. The molecule has 0 saturated carbocycles. The molecule has 0 aliphatic heterocycles. The SMILES string of the molecule is CCC(C)Oc1ccc(Cn2nc(-c3c(Cl)cccc3Cl)oc2=O)cc1. The average molecular weight is 393 g/mol. The maximum absolute atomic E-state index is 12.1. The van der Waals surface area contributed by atoms with Crippen LogP contribution in [-0.4, -0.2) is 15.9 Å². The molecule has 0 aliphatic carbocycles. The first-order valence-corrected chi connectivity index (χ1v) is 9.01. The zero-order valence-electron chi connectivity index (χ0n) is 14.4. The molecule has 3 rings (SSSR count). The largest absolute Gasteiger partial charge is 0.491 e. The standard InChI is InChI=1S/C19H18Cl2N2O3/c1-3-12(2)25-14-9-7-13(8-10-14)11-23-19(24)26-18(22-23)17-15(20)5-4-6-16(17)21/h4-10,12H,3,11H2,1-2H3. The van der Waals surface area contributed by atoms with E-state index in [0.29, 0.717) is 15.6 Å². The van der Waals surface area contributed by atoms with E-state index >= 15 is 0 Å². The minimum atomic E-state index is -0.573. The molecule has 1 atom stereocenters. The summed E-state index contributed by atoms with van der Waals surface area (Å²) in [6, 6.07) is 12.6. The molecular formula is C19H18Cl2N2O3. The number of ether oxygens (including phenoxy) is 1. The quantitative estimate of drug-likeness (QED) is 0.589. The summed E-state index contributed by atoms with van der Waals surface area (Å²) >= 11 is 12.3. The van der Waals surface area contributed by atoms with Crippen LogP contribution in [0.2, 0.25) is 10.0 Å². The van der Waals surface area contributed by atoms with Gasteiger partial charge in [-0.25, -0.2) is 4.79 Å². The first-order chi connectivity index (χ1) is 12.5. The Morgan fingerprint density at radius 1 is 1.15 bits per heavy atom. The molecule has 0 aliphatic rings. The molecule has 2 aromatic carbocycles. The third-order valence-corrected chi connectivity index (χ3v) is 4.58. The van der Waals surface area contributed by atoms with Crippen LogP contribution in [0.5, 0.6) is 5.75 Å². The van der Waals surface area contributed by atoms with E-state index in [2.05, 4.69) is 12.0 Å². The summed E-state index contributed by atoms with van der Waals surface area (Å²) in [5, 5.41) is 4.96. The Labute approximate surface area is 161 Å². The smallest absolute Gasteiger partial charge is 0.437 e. The summed E-state index contributed by atoms with van der Waals surface area (Å²) in [4.78, 5) is 12.1. The van der Waals surface area contributed by atoms with Crippen LogP contribution in [0.1, 0.15) is 25.8 Å². The number of nitrogens with zero attached hydrogens (tertiary/aromatic N) is 2. The molecule has 1 aromatic heterocycles. The molecule has 0 bridgehead atoms. The Morgan fingerprint density at radius 2 is 1.81 bits per heavy atom. The average Bonchev–Trinajstić information content (AvgIpc) is 2.96. The van der Waals surface area contributed by atoms with Crippen molar-refractivity contribution in [3.05, 3.63) is 68.6 Å². The van der Waals surface area contributed by atoms with Gasteiger partial charge in [0.2, 0.25) is 0 Å². The summed E-state index contributed by atoms with van der Waals surface area (Å²) in [5.74, 6) is 0.317. The summed E-state index contributed by atoms with van der Waals surface area (Å²) in [6.45, 7) is 4.36. The Morgan fingerprint density at radius 3 is 2.42 bits per heavy atom. The lowest BCUT2D eigenvalue weighted by molar-refractivity contribution is 0.217. The molecule has 0 N–H and O–H groups in total. The number of rotatable bonds is 6. The van der Waals surface area contributed by atoms with Crippen molar-refractivity contribution >= 4 is 23.2 Å². The van der Waals surface area contributed by atoms with E-state index in [1.807, 2.05) is 31.2 Å². The third-order valence-electron chi connectivity index (χ3n) is 3.95. The van der Waals surface area contributed by atoms with Crippen molar-refractivity contribution in [2.45, 2.75) is 32.9 Å². The molecule has 0 radical (unpaired) electrons. The van der Waals surface area contributed by atoms with Gasteiger partial charge in [0.25, 0.3) is 5.89 Å². The van der Waals surface area contributed by atoms with Crippen molar-refractivity contribution in [1.82, 2.24) is 9.78 Å². The van der Waals surface area contributed by atoms with Gasteiger partial charge in [0.05, 0.1) is 28.3 Å². The molecule has 7 heteroatoms. The monoisotopic (exact) mass is 392 g/mol. The molecule has 0 amide bonds. The van der Waals surface area contributed by atoms with Crippen LogP contribution in [0.25, 0.3) is 11.5 Å². The Balaban J connectivity index is 1.81. The number of halogens is 2. The molecule has 26 heavy (non-hydrogen) atoms. The van der Waals surface area contributed by atoms with E-state index in [9.17, 15) is 4.79 Å². The highest BCUT2D eigenvalue weighted by Crippen LogP contribution is 2.32.